The van der Waals surface area contributed by atoms with E-state index < -0.39 is 47.2 Å². The van der Waals surface area contributed by atoms with Crippen molar-refractivity contribution in [1.82, 2.24) is 15.6 Å². The van der Waals surface area contributed by atoms with Gasteiger partial charge < -0.3 is 35.3 Å². The minimum Gasteiger partial charge on any atom is -0.506 e. The average Bonchev–Trinajstić information content (AvgIpc) is 2.94. The summed E-state index contributed by atoms with van der Waals surface area (Å²) in [6.07, 6.45) is 7.11. The minimum absolute atomic E-state index is 0.159. The topological polar surface area (TPSA) is 167 Å². The molecular formula is C29H39N3O8. The number of carbonyl (C=O) groups excluding carboxylic acids is 2. The van der Waals surface area contributed by atoms with Gasteiger partial charge in [0.05, 0.1) is 25.3 Å². The Hall–Kier alpha value is -4.02. The number of pyridine rings is 1. The molecule has 0 bridgehead atoms. The molecule has 1 aliphatic carbocycles. The van der Waals surface area contributed by atoms with Crippen molar-refractivity contribution in [2.45, 2.75) is 70.8 Å². The number of amides is 2. The van der Waals surface area contributed by atoms with Gasteiger partial charge in [-0.25, -0.2) is 0 Å². The van der Waals surface area contributed by atoms with E-state index in [1.165, 1.54) is 14.2 Å². The van der Waals surface area contributed by atoms with Crippen molar-refractivity contribution < 1.29 is 34.1 Å². The van der Waals surface area contributed by atoms with Crippen molar-refractivity contribution in [3.05, 3.63) is 39.8 Å². The van der Waals surface area contributed by atoms with E-state index in [1.54, 1.807) is 18.2 Å². The van der Waals surface area contributed by atoms with Crippen molar-refractivity contribution in [1.29, 1.82) is 0 Å². The van der Waals surface area contributed by atoms with Gasteiger partial charge in [-0.1, -0.05) is 51.5 Å². The summed E-state index contributed by atoms with van der Waals surface area (Å²) >= 11 is 0. The summed E-state index contributed by atoms with van der Waals surface area (Å²) in [7, 11) is 2.93. The number of aromatic nitrogens is 1. The third-order valence-electron chi connectivity index (χ3n) is 7.28. The first-order valence-corrected chi connectivity index (χ1v) is 13.7. The first-order valence-electron chi connectivity index (χ1n) is 13.7. The van der Waals surface area contributed by atoms with Crippen molar-refractivity contribution in [3.63, 3.8) is 0 Å². The zero-order chi connectivity index (χ0) is 29.2. The second-order valence-electron chi connectivity index (χ2n) is 10.0. The van der Waals surface area contributed by atoms with Crippen molar-refractivity contribution in [2.24, 2.45) is 5.92 Å². The van der Waals surface area contributed by atoms with Crippen LogP contribution < -0.4 is 25.7 Å². The number of carboxylic acids is 1. The number of nitrogens with one attached hydrogen (secondary N) is 3. The molecule has 0 radical (unpaired) electrons. The highest BCUT2D eigenvalue weighted by Gasteiger charge is 2.31. The van der Waals surface area contributed by atoms with Crippen molar-refractivity contribution in [2.75, 3.05) is 20.8 Å². The number of ether oxygens (including phenoxy) is 2. The molecule has 2 amide bonds. The van der Waals surface area contributed by atoms with Gasteiger partial charge in [0.15, 0.2) is 0 Å². The molecule has 0 unspecified atom stereocenters. The lowest BCUT2D eigenvalue weighted by Gasteiger charge is -2.26. The number of carbonyl (C=O) groups is 3. The molecule has 1 atom stereocenters. The van der Waals surface area contributed by atoms with Gasteiger partial charge in [-0.2, -0.15) is 0 Å². The van der Waals surface area contributed by atoms with E-state index in [1.807, 2.05) is 6.92 Å². The standard InChI is InChI=1S/C29H39N3O8/c1-4-5-12-18-23(24-20(39-2)13-9-14-21(24)40-3)26(35)25(28(37)31-18)29(38)32-19(27(36)30-16-22(33)34)15-17-10-7-6-8-11-17/h9,13-14,17,19H,4-8,10-12,15-16H2,1-3H3,(H,30,36)(H,32,38)(H,33,34)(H2,31,35,37)/t19-/m0/s1. The fourth-order valence-corrected chi connectivity index (χ4v) is 5.26. The van der Waals surface area contributed by atoms with Gasteiger partial charge in [0.2, 0.25) is 5.91 Å². The first kappa shape index (κ1) is 30.5. The van der Waals surface area contributed by atoms with Crippen LogP contribution in [0.1, 0.15) is 74.3 Å². The zero-order valence-electron chi connectivity index (χ0n) is 23.3. The first-order chi connectivity index (χ1) is 19.2. The van der Waals surface area contributed by atoms with E-state index in [-0.39, 0.29) is 17.9 Å². The monoisotopic (exact) mass is 557 g/mol. The van der Waals surface area contributed by atoms with Gasteiger partial charge in [0, 0.05) is 5.69 Å². The van der Waals surface area contributed by atoms with E-state index >= 15 is 0 Å². The third kappa shape index (κ3) is 7.34. The molecule has 1 aromatic heterocycles. The van der Waals surface area contributed by atoms with Crippen LogP contribution in [0.2, 0.25) is 0 Å². The molecule has 40 heavy (non-hydrogen) atoms. The summed E-state index contributed by atoms with van der Waals surface area (Å²) in [5.74, 6) is -2.49. The van der Waals surface area contributed by atoms with Crippen LogP contribution in [0.15, 0.2) is 23.0 Å². The number of aromatic hydroxyl groups is 1. The number of aromatic amines is 1. The average molecular weight is 558 g/mol. The third-order valence-corrected chi connectivity index (χ3v) is 7.28. The Kier molecular flexibility index (Phi) is 11.0. The lowest BCUT2D eigenvalue weighted by Crippen LogP contribution is -2.49. The van der Waals surface area contributed by atoms with Gasteiger partial charge >= 0.3 is 5.97 Å². The van der Waals surface area contributed by atoms with E-state index in [2.05, 4.69) is 15.6 Å². The number of unbranched alkanes of at least 4 members (excludes halogenated alkanes) is 1. The molecule has 0 aliphatic heterocycles. The highest BCUT2D eigenvalue weighted by Crippen LogP contribution is 2.44. The summed E-state index contributed by atoms with van der Waals surface area (Å²) in [5, 5.41) is 25.4. The number of rotatable bonds is 13. The predicted molar refractivity (Wildman–Crippen MR) is 149 cm³/mol. The van der Waals surface area contributed by atoms with Crippen LogP contribution in [0, 0.1) is 5.92 Å². The number of aryl methyl sites for hydroxylation is 1. The van der Waals surface area contributed by atoms with E-state index in [9.17, 15) is 24.3 Å². The van der Waals surface area contributed by atoms with Crippen LogP contribution in [-0.4, -0.2) is 59.8 Å². The van der Waals surface area contributed by atoms with Gasteiger partial charge in [0.1, 0.15) is 35.4 Å². The molecule has 11 heteroatoms. The molecular weight excluding hydrogens is 518 g/mol. The quantitative estimate of drug-likeness (QED) is 0.250. The maximum atomic E-state index is 13.5. The number of hydrogen-bond acceptors (Lipinski definition) is 7. The molecule has 218 valence electrons. The van der Waals surface area contributed by atoms with Crippen LogP contribution in [0.5, 0.6) is 17.2 Å². The Morgan fingerprint density at radius 1 is 1.07 bits per heavy atom. The fraction of sp³-hybridized carbons (Fsp3) is 0.517. The number of benzene rings is 1. The van der Waals surface area contributed by atoms with Crippen LogP contribution in [0.4, 0.5) is 0 Å². The molecule has 1 heterocycles. The number of H-pyrrole nitrogens is 1. The summed E-state index contributed by atoms with van der Waals surface area (Å²) in [5.41, 5.74) is -0.364. The molecule has 1 fully saturated rings. The summed E-state index contributed by atoms with van der Waals surface area (Å²) in [4.78, 5) is 53.5. The maximum Gasteiger partial charge on any atom is 0.322 e. The molecule has 5 N–H and O–H groups in total. The SMILES string of the molecule is CCCCc1[nH]c(=O)c(C(=O)N[C@@H](CC2CCCCC2)C(=O)NCC(=O)O)c(O)c1-c1c(OC)cccc1OC. The highest BCUT2D eigenvalue weighted by atomic mass is 16.5. The normalized spacial score (nSPS) is 14.3. The van der Waals surface area contributed by atoms with Crippen LogP contribution >= 0.6 is 0 Å². The van der Waals surface area contributed by atoms with Gasteiger partial charge in [-0.05, 0) is 37.3 Å². The maximum absolute atomic E-state index is 13.5. The van der Waals surface area contributed by atoms with E-state index in [4.69, 9.17) is 14.6 Å². The van der Waals surface area contributed by atoms with E-state index in [0.29, 0.717) is 35.6 Å². The summed E-state index contributed by atoms with van der Waals surface area (Å²) in [6.45, 7) is 1.39. The van der Waals surface area contributed by atoms with Crippen molar-refractivity contribution in [3.8, 4) is 28.4 Å². The minimum atomic E-state index is -1.22. The molecule has 1 saturated carbocycles. The molecule has 1 aliphatic rings. The Bertz CT molecular complexity index is 1240. The highest BCUT2D eigenvalue weighted by molar-refractivity contribution is 6.02. The predicted octanol–water partition coefficient (Wildman–Crippen LogP) is 3.38. The molecule has 0 spiro atoms. The number of methoxy groups -OCH3 is 2. The molecule has 0 saturated heterocycles. The summed E-state index contributed by atoms with van der Waals surface area (Å²) in [6, 6.07) is 3.99. The van der Waals surface area contributed by atoms with Crippen LogP contribution in [0.25, 0.3) is 11.1 Å². The Morgan fingerprint density at radius 2 is 1.73 bits per heavy atom. The number of aliphatic carboxylic acids is 1. The second kappa shape index (κ2) is 14.4. The zero-order valence-corrected chi connectivity index (χ0v) is 23.3. The van der Waals surface area contributed by atoms with Crippen molar-refractivity contribution >= 4 is 17.8 Å². The lowest BCUT2D eigenvalue weighted by molar-refractivity contribution is -0.138. The number of carboxylic acid groups (broad SMARTS) is 1. The second-order valence-corrected chi connectivity index (χ2v) is 10.0. The Balaban J connectivity index is 2.07. The lowest BCUT2D eigenvalue weighted by atomic mass is 9.84. The fourth-order valence-electron chi connectivity index (χ4n) is 5.26. The van der Waals surface area contributed by atoms with Gasteiger partial charge in [-0.3, -0.25) is 19.2 Å². The van der Waals surface area contributed by atoms with Gasteiger partial charge in [0.25, 0.3) is 11.5 Å². The molecule has 3 rings (SSSR count). The Labute approximate surface area is 233 Å². The van der Waals surface area contributed by atoms with E-state index in [0.717, 1.165) is 38.5 Å². The van der Waals surface area contributed by atoms with Crippen LogP contribution in [-0.2, 0) is 16.0 Å². The molecule has 2 aromatic rings. The van der Waals surface area contributed by atoms with Crippen LogP contribution in [0.3, 0.4) is 0 Å². The smallest absolute Gasteiger partial charge is 0.322 e. The Morgan fingerprint density at radius 3 is 2.30 bits per heavy atom. The van der Waals surface area contributed by atoms with Gasteiger partial charge in [-0.15, -0.1) is 0 Å². The largest absolute Gasteiger partial charge is 0.506 e. The summed E-state index contributed by atoms with van der Waals surface area (Å²) < 4.78 is 11.1. The molecule has 1 aromatic carbocycles. The number of hydrogen-bond donors (Lipinski definition) is 5. The molecule has 11 nitrogen and oxygen atoms in total.